The van der Waals surface area contributed by atoms with Gasteiger partial charge in [0.2, 0.25) is 12.2 Å². The van der Waals surface area contributed by atoms with Gasteiger partial charge in [0.05, 0.1) is 24.4 Å². The highest BCUT2D eigenvalue weighted by atomic mass is 32.2. The van der Waals surface area contributed by atoms with Crippen LogP contribution in [0.3, 0.4) is 0 Å². The molecule has 20 heteroatoms. The van der Waals surface area contributed by atoms with Crippen LogP contribution in [0.4, 0.5) is 4.79 Å². The van der Waals surface area contributed by atoms with Crippen molar-refractivity contribution in [1.29, 1.82) is 0 Å². The lowest BCUT2D eigenvalue weighted by Gasteiger charge is -2.49. The van der Waals surface area contributed by atoms with Crippen LogP contribution in [0, 0.1) is 0 Å². The summed E-state index contributed by atoms with van der Waals surface area (Å²) in [7, 11) is -1.12. The first-order valence-corrected chi connectivity index (χ1v) is 14.4. The first-order valence-electron chi connectivity index (χ1n) is 12.1. The van der Waals surface area contributed by atoms with E-state index in [-0.39, 0.29) is 28.7 Å². The fourth-order valence-corrected chi connectivity index (χ4v) is 5.85. The number of carbonyl (C=O) groups is 5. The average Bonchev–Trinajstić information content (AvgIpc) is 3.25. The standard InChI is InChI=1S/C22H29N9O9S2/c1-10(2)37-22(36)39-12(4)38-20(35)17-13(6-26-27-9-25-24)7-41-19-16(18(34)31(17)19)29-15(33)5-14-8-42(21(23)28-14)30-40-11(3)32/h6,8-10,12,16,19H,5,7,24H2,1-4H3,(H2,23,28)(H,25,27)(H,29,33)/b26-6-/t12?,16?,19-,42?/m1/s1. The van der Waals surface area contributed by atoms with Gasteiger partial charge in [-0.1, -0.05) is 0 Å². The first-order chi connectivity index (χ1) is 19.9. The number of nitrogens with two attached hydrogens (primary N) is 2. The SMILES string of the molecule is CC(=O)ON=S1C=C(CC(=O)NC2C(=O)N3C(C(=O)OC(C)OC(=O)OC(C)C)=C(/C=N\NC=NN)CS[C@H]23)N=C1N. The number of amides is 2. The highest BCUT2D eigenvalue weighted by molar-refractivity contribution is 8.05. The van der Waals surface area contributed by atoms with E-state index in [1.54, 1.807) is 13.8 Å². The molecule has 0 saturated carbocycles. The van der Waals surface area contributed by atoms with Crippen LogP contribution >= 0.6 is 11.8 Å². The molecule has 1 saturated heterocycles. The molecule has 18 nitrogen and oxygen atoms in total. The Hall–Kier alpha value is -4.46. The van der Waals surface area contributed by atoms with Crippen molar-refractivity contribution < 1.29 is 43.0 Å². The molecule has 42 heavy (non-hydrogen) atoms. The maximum absolute atomic E-state index is 13.2. The Kier molecular flexibility index (Phi) is 11.0. The second-order valence-electron chi connectivity index (χ2n) is 8.71. The van der Waals surface area contributed by atoms with Crippen molar-refractivity contribution in [2.75, 3.05) is 5.75 Å². The number of nitrogens with zero attached hydrogens (tertiary/aromatic N) is 5. The van der Waals surface area contributed by atoms with Crippen LogP contribution in [0.25, 0.3) is 0 Å². The monoisotopic (exact) mass is 627 g/mol. The normalized spacial score (nSPS) is 22.4. The van der Waals surface area contributed by atoms with E-state index in [0.717, 1.165) is 6.34 Å². The molecule has 228 valence electrons. The Morgan fingerprint density at radius 1 is 1.26 bits per heavy atom. The molecule has 6 N–H and O–H groups in total. The molecule has 4 atom stereocenters. The fourth-order valence-electron chi connectivity index (χ4n) is 3.53. The summed E-state index contributed by atoms with van der Waals surface area (Å²) in [6, 6.07) is -0.965. The molecular formula is C22H29N9O9S2. The van der Waals surface area contributed by atoms with E-state index in [4.69, 9.17) is 25.8 Å². The Morgan fingerprint density at radius 3 is 2.67 bits per heavy atom. The summed E-state index contributed by atoms with van der Waals surface area (Å²) in [6.45, 7) is 5.72. The molecule has 3 unspecified atom stereocenters. The van der Waals surface area contributed by atoms with Gasteiger partial charge < -0.3 is 35.9 Å². The van der Waals surface area contributed by atoms with Gasteiger partial charge in [-0.25, -0.2) is 19.4 Å². The molecule has 0 aromatic rings. The van der Waals surface area contributed by atoms with E-state index in [9.17, 15) is 24.0 Å². The predicted octanol–water partition coefficient (Wildman–Crippen LogP) is -0.592. The number of rotatable bonds is 11. The molecule has 3 rings (SSSR count). The predicted molar refractivity (Wildman–Crippen MR) is 150 cm³/mol. The second kappa shape index (κ2) is 14.4. The first kappa shape index (κ1) is 32.1. The van der Waals surface area contributed by atoms with Gasteiger partial charge in [-0.05, 0) is 18.4 Å². The average molecular weight is 628 g/mol. The molecule has 3 aliphatic heterocycles. The maximum Gasteiger partial charge on any atom is 0.511 e. The molecule has 3 aliphatic rings. The molecule has 0 spiro atoms. The number of ether oxygens (including phenoxy) is 3. The molecular weight excluding hydrogens is 598 g/mol. The summed E-state index contributed by atoms with van der Waals surface area (Å²) in [5.74, 6) is 2.50. The summed E-state index contributed by atoms with van der Waals surface area (Å²) in [6.07, 6.45) is -0.687. The lowest BCUT2D eigenvalue weighted by molar-refractivity contribution is -0.169. The van der Waals surface area contributed by atoms with E-state index in [2.05, 4.69) is 35.3 Å². The number of carbonyl (C=O) groups excluding carboxylic acids is 5. The minimum absolute atomic E-state index is 0.0677. The summed E-state index contributed by atoms with van der Waals surface area (Å²) >= 11 is 1.27. The molecule has 0 bridgehead atoms. The summed E-state index contributed by atoms with van der Waals surface area (Å²) in [4.78, 5) is 71.6. The van der Waals surface area contributed by atoms with Crippen molar-refractivity contribution in [2.24, 2.45) is 31.3 Å². The number of nitrogens with one attached hydrogen (secondary N) is 2. The lowest BCUT2D eigenvalue weighted by Crippen LogP contribution is -2.70. The summed E-state index contributed by atoms with van der Waals surface area (Å²) in [5.41, 5.74) is 8.65. The van der Waals surface area contributed by atoms with Gasteiger partial charge in [-0.15, -0.1) is 11.8 Å². The van der Waals surface area contributed by atoms with Crippen molar-refractivity contribution in [2.45, 2.75) is 57.9 Å². The third-order valence-corrected chi connectivity index (χ3v) is 7.66. The molecule has 2 amide bonds. The highest BCUT2D eigenvalue weighted by Crippen LogP contribution is 2.40. The van der Waals surface area contributed by atoms with Gasteiger partial charge in [0.15, 0.2) is 5.17 Å². The summed E-state index contributed by atoms with van der Waals surface area (Å²) in [5, 5.41) is 10.7. The Bertz CT molecular complexity index is 1330. The van der Waals surface area contributed by atoms with E-state index < -0.39 is 64.4 Å². The van der Waals surface area contributed by atoms with Gasteiger partial charge in [0.1, 0.15) is 23.5 Å². The molecule has 0 aliphatic carbocycles. The summed E-state index contributed by atoms with van der Waals surface area (Å²) < 4.78 is 18.7. The van der Waals surface area contributed by atoms with Crippen molar-refractivity contribution in [1.82, 2.24) is 15.6 Å². The van der Waals surface area contributed by atoms with E-state index >= 15 is 0 Å². The van der Waals surface area contributed by atoms with E-state index in [1.807, 2.05) is 0 Å². The number of hydrogen-bond donors (Lipinski definition) is 4. The second-order valence-corrected chi connectivity index (χ2v) is 11.2. The van der Waals surface area contributed by atoms with Crippen LogP contribution < -0.4 is 22.3 Å². The van der Waals surface area contributed by atoms with Crippen LogP contribution in [-0.4, -0.2) is 82.1 Å². The zero-order valence-corrected chi connectivity index (χ0v) is 24.5. The van der Waals surface area contributed by atoms with Crippen LogP contribution in [-0.2, 0) is 48.9 Å². The number of β-lactam (4-membered cyclic amide) rings is 1. The molecule has 0 aromatic heterocycles. The van der Waals surface area contributed by atoms with Gasteiger partial charge in [-0.3, -0.25) is 19.9 Å². The number of thioether (sulfide) groups is 1. The Labute approximate surface area is 246 Å². The van der Waals surface area contributed by atoms with E-state index in [0.29, 0.717) is 5.57 Å². The number of amidine groups is 1. The number of fused-ring (bicyclic) bond motifs is 1. The number of hydrazone groups is 2. The minimum Gasteiger partial charge on any atom is -0.431 e. The van der Waals surface area contributed by atoms with Crippen LogP contribution in [0.2, 0.25) is 0 Å². The van der Waals surface area contributed by atoms with Gasteiger partial charge in [0.25, 0.3) is 5.91 Å². The smallest absolute Gasteiger partial charge is 0.431 e. The number of esters is 1. The molecule has 0 aromatic carbocycles. The highest BCUT2D eigenvalue weighted by Gasteiger charge is 2.54. The molecule has 1 fully saturated rings. The van der Waals surface area contributed by atoms with Gasteiger partial charge >= 0.3 is 18.1 Å². The fraction of sp³-hybridized carbons (Fsp3) is 0.455. The topological polar surface area (TPSA) is 251 Å². The zero-order chi connectivity index (χ0) is 31.0. The molecule has 0 radical (unpaired) electrons. The zero-order valence-electron chi connectivity index (χ0n) is 22.8. The number of hydrogen-bond acceptors (Lipinski definition) is 16. The van der Waals surface area contributed by atoms with Crippen molar-refractivity contribution in [3.8, 4) is 0 Å². The van der Waals surface area contributed by atoms with Crippen LogP contribution in [0.15, 0.2) is 42.1 Å². The maximum atomic E-state index is 13.2. The van der Waals surface area contributed by atoms with Crippen LogP contribution in [0.5, 0.6) is 0 Å². The van der Waals surface area contributed by atoms with Crippen molar-refractivity contribution in [3.05, 3.63) is 22.4 Å². The lowest BCUT2D eigenvalue weighted by atomic mass is 10.0. The minimum atomic E-state index is -1.35. The van der Waals surface area contributed by atoms with Crippen LogP contribution in [0.1, 0.15) is 34.1 Å². The third kappa shape index (κ3) is 8.28. The van der Waals surface area contributed by atoms with Gasteiger partial charge in [-0.2, -0.15) is 10.2 Å². The third-order valence-electron chi connectivity index (χ3n) is 5.11. The Morgan fingerprint density at radius 2 is 2.00 bits per heavy atom. The molecule has 3 heterocycles. The van der Waals surface area contributed by atoms with E-state index in [1.165, 1.54) is 42.1 Å². The van der Waals surface area contributed by atoms with Crippen molar-refractivity contribution in [3.63, 3.8) is 0 Å². The van der Waals surface area contributed by atoms with Gasteiger partial charge in [0, 0.05) is 41.3 Å². The quantitative estimate of drug-likeness (QED) is 0.0426. The largest absolute Gasteiger partial charge is 0.511 e. The van der Waals surface area contributed by atoms with Crippen molar-refractivity contribution >= 4 is 70.1 Å². The number of aliphatic imine (C=N–C) groups is 1. The Balaban J connectivity index is 1.71.